The van der Waals surface area contributed by atoms with Gasteiger partial charge in [-0.15, -0.1) is 0 Å². The predicted octanol–water partition coefficient (Wildman–Crippen LogP) is 3.03. The number of carbonyl (C=O) groups excluding carboxylic acids is 1. The van der Waals surface area contributed by atoms with Crippen LogP contribution in [0.2, 0.25) is 0 Å². The highest BCUT2D eigenvalue weighted by Crippen LogP contribution is 2.31. The fourth-order valence-electron chi connectivity index (χ4n) is 3.35. The van der Waals surface area contributed by atoms with E-state index in [0.29, 0.717) is 19.4 Å². The van der Waals surface area contributed by atoms with Crippen LogP contribution in [0.3, 0.4) is 0 Å². The van der Waals surface area contributed by atoms with Crippen molar-refractivity contribution in [2.75, 3.05) is 18.6 Å². The number of rotatable bonds is 6. The van der Waals surface area contributed by atoms with Crippen LogP contribution in [0.4, 0.5) is 5.69 Å². The highest BCUT2D eigenvalue weighted by molar-refractivity contribution is 7.89. The Morgan fingerprint density at radius 3 is 2.52 bits per heavy atom. The van der Waals surface area contributed by atoms with Gasteiger partial charge in [-0.3, -0.25) is 4.79 Å². The summed E-state index contributed by atoms with van der Waals surface area (Å²) in [5.74, 6) is 0.693. The van der Waals surface area contributed by atoms with Crippen LogP contribution >= 0.6 is 0 Å². The molecule has 2 aromatic rings. The number of nitrogens with zero attached hydrogens (tertiary/aromatic N) is 1. The normalized spacial score (nSPS) is 14.7. The summed E-state index contributed by atoms with van der Waals surface area (Å²) in [5, 5.41) is 0. The lowest BCUT2D eigenvalue weighted by Gasteiger charge is -2.19. The summed E-state index contributed by atoms with van der Waals surface area (Å²) in [4.78, 5) is 13.6. The van der Waals surface area contributed by atoms with Gasteiger partial charge in [0.2, 0.25) is 15.9 Å². The second-order valence-corrected chi connectivity index (χ2v) is 8.28. The molecule has 7 heteroatoms. The molecular weight excluding hydrogens is 364 g/mol. The SMILES string of the molecule is CCC(NS(=O)(=O)c1ccc2c(c1)CCN2C(C)=O)c1ccc(OC)cc1. The summed E-state index contributed by atoms with van der Waals surface area (Å²) in [6.45, 7) is 4.04. The lowest BCUT2D eigenvalue weighted by Crippen LogP contribution is -2.28. The average molecular weight is 388 g/mol. The molecule has 0 aliphatic carbocycles. The fraction of sp³-hybridized carbons (Fsp3) is 0.350. The molecule has 6 nitrogen and oxygen atoms in total. The number of anilines is 1. The minimum Gasteiger partial charge on any atom is -0.497 e. The van der Waals surface area contributed by atoms with E-state index in [9.17, 15) is 13.2 Å². The van der Waals surface area contributed by atoms with Gasteiger partial charge in [-0.05, 0) is 54.3 Å². The molecule has 0 bridgehead atoms. The molecule has 0 saturated carbocycles. The molecule has 1 atom stereocenters. The van der Waals surface area contributed by atoms with Crippen LogP contribution in [0.5, 0.6) is 5.75 Å². The highest BCUT2D eigenvalue weighted by Gasteiger charge is 2.26. The maximum absolute atomic E-state index is 12.9. The van der Waals surface area contributed by atoms with Gasteiger partial charge in [-0.25, -0.2) is 13.1 Å². The van der Waals surface area contributed by atoms with Crippen LogP contribution in [0, 0.1) is 0 Å². The molecular formula is C20H24N2O4S. The van der Waals surface area contributed by atoms with Crippen LogP contribution < -0.4 is 14.4 Å². The van der Waals surface area contributed by atoms with Gasteiger partial charge < -0.3 is 9.64 Å². The molecule has 0 saturated heterocycles. The van der Waals surface area contributed by atoms with Crippen LogP contribution in [0.15, 0.2) is 47.4 Å². The second kappa shape index (κ2) is 7.70. The number of carbonyl (C=O) groups is 1. The highest BCUT2D eigenvalue weighted by atomic mass is 32.2. The van der Waals surface area contributed by atoms with Gasteiger partial charge in [0.1, 0.15) is 5.75 Å². The van der Waals surface area contributed by atoms with E-state index in [1.807, 2.05) is 31.2 Å². The predicted molar refractivity (Wildman–Crippen MR) is 105 cm³/mol. The smallest absolute Gasteiger partial charge is 0.241 e. The first-order valence-corrected chi connectivity index (χ1v) is 10.4. The number of hydrogen-bond acceptors (Lipinski definition) is 4. The zero-order valence-electron chi connectivity index (χ0n) is 15.7. The summed E-state index contributed by atoms with van der Waals surface area (Å²) >= 11 is 0. The monoisotopic (exact) mass is 388 g/mol. The van der Waals surface area contributed by atoms with E-state index in [0.717, 1.165) is 22.6 Å². The third-order valence-electron chi connectivity index (χ3n) is 4.86. The van der Waals surface area contributed by atoms with Crippen LogP contribution in [-0.4, -0.2) is 28.0 Å². The molecule has 1 heterocycles. The molecule has 1 N–H and O–H groups in total. The van der Waals surface area contributed by atoms with Gasteiger partial charge in [0.05, 0.1) is 12.0 Å². The van der Waals surface area contributed by atoms with E-state index < -0.39 is 10.0 Å². The zero-order valence-corrected chi connectivity index (χ0v) is 16.5. The first-order chi connectivity index (χ1) is 12.9. The number of nitrogens with one attached hydrogen (secondary N) is 1. The van der Waals surface area contributed by atoms with Crippen LogP contribution in [0.25, 0.3) is 0 Å². The van der Waals surface area contributed by atoms with Gasteiger partial charge in [-0.1, -0.05) is 19.1 Å². The Kier molecular flexibility index (Phi) is 5.53. The van der Waals surface area contributed by atoms with E-state index in [-0.39, 0.29) is 16.8 Å². The van der Waals surface area contributed by atoms with E-state index in [1.165, 1.54) is 6.92 Å². The lowest BCUT2D eigenvalue weighted by atomic mass is 10.1. The van der Waals surface area contributed by atoms with Crippen molar-refractivity contribution in [1.29, 1.82) is 0 Å². The summed E-state index contributed by atoms with van der Waals surface area (Å²) < 4.78 is 33.7. The maximum atomic E-state index is 12.9. The van der Waals surface area contributed by atoms with Gasteiger partial charge in [0.25, 0.3) is 0 Å². The Labute approximate surface area is 160 Å². The van der Waals surface area contributed by atoms with Crippen molar-refractivity contribution in [3.63, 3.8) is 0 Å². The number of amides is 1. The van der Waals surface area contributed by atoms with E-state index in [4.69, 9.17) is 4.74 Å². The van der Waals surface area contributed by atoms with Crippen molar-refractivity contribution in [2.24, 2.45) is 0 Å². The van der Waals surface area contributed by atoms with Crippen molar-refractivity contribution in [3.8, 4) is 5.75 Å². The Morgan fingerprint density at radius 2 is 1.93 bits per heavy atom. The molecule has 144 valence electrons. The molecule has 2 aromatic carbocycles. The van der Waals surface area contributed by atoms with E-state index in [2.05, 4.69) is 4.72 Å². The number of hydrogen-bond donors (Lipinski definition) is 1. The Balaban J connectivity index is 1.84. The average Bonchev–Trinajstić information content (AvgIpc) is 3.10. The number of methoxy groups -OCH3 is 1. The largest absolute Gasteiger partial charge is 0.497 e. The Hall–Kier alpha value is -2.38. The van der Waals surface area contributed by atoms with Gasteiger partial charge in [0, 0.05) is 25.2 Å². The zero-order chi connectivity index (χ0) is 19.6. The quantitative estimate of drug-likeness (QED) is 0.825. The minimum absolute atomic E-state index is 0.0342. The summed E-state index contributed by atoms with van der Waals surface area (Å²) in [6, 6.07) is 12.0. The van der Waals surface area contributed by atoms with Crippen LogP contribution in [0.1, 0.15) is 37.4 Å². The third kappa shape index (κ3) is 3.99. The third-order valence-corrected chi connectivity index (χ3v) is 6.33. The number of benzene rings is 2. The standard InChI is InChI=1S/C20H24N2O4S/c1-4-19(15-5-7-17(26-3)8-6-15)21-27(24,25)18-9-10-20-16(13-18)11-12-22(20)14(2)23/h5-10,13,19,21H,4,11-12H2,1-3H3. The van der Waals surface area contributed by atoms with Gasteiger partial charge in [0.15, 0.2) is 0 Å². The van der Waals surface area contributed by atoms with E-state index >= 15 is 0 Å². The van der Waals surface area contributed by atoms with Crippen molar-refractivity contribution < 1.29 is 17.9 Å². The van der Waals surface area contributed by atoms with Crippen molar-refractivity contribution in [1.82, 2.24) is 4.72 Å². The van der Waals surface area contributed by atoms with Gasteiger partial charge in [-0.2, -0.15) is 0 Å². The second-order valence-electron chi connectivity index (χ2n) is 6.57. The lowest BCUT2D eigenvalue weighted by molar-refractivity contribution is -0.116. The number of sulfonamides is 1. The van der Waals surface area contributed by atoms with Crippen molar-refractivity contribution in [3.05, 3.63) is 53.6 Å². The Morgan fingerprint density at radius 1 is 1.22 bits per heavy atom. The first kappa shape index (κ1) is 19.4. The summed E-state index contributed by atoms with van der Waals surface area (Å²) in [5.41, 5.74) is 2.56. The fourth-order valence-corrected chi connectivity index (χ4v) is 4.71. The molecule has 0 radical (unpaired) electrons. The molecule has 0 aromatic heterocycles. The first-order valence-electron chi connectivity index (χ1n) is 8.93. The molecule has 1 amide bonds. The number of ether oxygens (including phenoxy) is 1. The molecule has 0 spiro atoms. The molecule has 27 heavy (non-hydrogen) atoms. The molecule has 3 rings (SSSR count). The molecule has 1 aliphatic heterocycles. The number of fused-ring (bicyclic) bond motifs is 1. The van der Waals surface area contributed by atoms with Crippen molar-refractivity contribution in [2.45, 2.75) is 37.6 Å². The molecule has 1 aliphatic rings. The maximum Gasteiger partial charge on any atom is 0.241 e. The summed E-state index contributed by atoms with van der Waals surface area (Å²) in [6.07, 6.45) is 1.28. The van der Waals surface area contributed by atoms with Crippen LogP contribution in [-0.2, 0) is 21.2 Å². The minimum atomic E-state index is -3.68. The Bertz CT molecular complexity index is 939. The van der Waals surface area contributed by atoms with Crippen molar-refractivity contribution >= 4 is 21.6 Å². The van der Waals surface area contributed by atoms with Gasteiger partial charge >= 0.3 is 0 Å². The molecule has 0 fully saturated rings. The molecule has 1 unspecified atom stereocenters. The summed E-state index contributed by atoms with van der Waals surface area (Å²) in [7, 11) is -2.09. The van der Waals surface area contributed by atoms with E-state index in [1.54, 1.807) is 30.2 Å². The topological polar surface area (TPSA) is 75.7 Å².